The second kappa shape index (κ2) is 24.1. The minimum absolute atomic E-state index is 0. The number of thiocarbonyl (C=S) groups is 1. The normalized spacial score (nSPS) is 10.6. The number of hydrogen-bond acceptors (Lipinski definition) is 8. The first-order chi connectivity index (χ1) is 27.1. The number of carbonyl (C=O) groups is 1. The van der Waals surface area contributed by atoms with E-state index in [2.05, 4.69) is 62.3 Å². The summed E-state index contributed by atoms with van der Waals surface area (Å²) in [7, 11) is 0. The molecule has 6 heterocycles. The summed E-state index contributed by atoms with van der Waals surface area (Å²) in [6, 6.07) is 21.1. The smallest absolute Gasteiger partial charge is 0.753 e. The third kappa shape index (κ3) is 14.6. The van der Waals surface area contributed by atoms with Gasteiger partial charge in [-0.05, 0) is 97.5 Å². The van der Waals surface area contributed by atoms with Gasteiger partial charge in [0.25, 0.3) is 0 Å². The van der Waals surface area contributed by atoms with E-state index in [9.17, 15) is 18.0 Å². The van der Waals surface area contributed by atoms with Crippen molar-refractivity contribution < 1.29 is 42.6 Å². The van der Waals surface area contributed by atoms with Crippen LogP contribution in [0.3, 0.4) is 0 Å². The van der Waals surface area contributed by atoms with Gasteiger partial charge in [0.1, 0.15) is 5.69 Å². The van der Waals surface area contributed by atoms with Crippen molar-refractivity contribution in [3.8, 4) is 44.6 Å². The van der Waals surface area contributed by atoms with Gasteiger partial charge in [0, 0.05) is 28.3 Å². The number of carboxylic acid groups (broad SMARTS) is 1. The SMILES string of the molecule is CCCCCCc1cc(CCCCCC)c(-c2ccnc(-c3cc(C(F)(F)F)n[n-]3)c2)s1.O=C(O)c1ccnc(-c2cccc(-c3ccccn3)n2)c1.[N-]=C=S.[Ru+2]. The van der Waals surface area contributed by atoms with Crippen LogP contribution in [-0.2, 0) is 38.5 Å². The zero-order chi connectivity index (χ0) is 40.3. The van der Waals surface area contributed by atoms with E-state index in [1.165, 1.54) is 83.8 Å². The Balaban J connectivity index is 0.000000300. The Morgan fingerprint density at radius 2 is 1.42 bits per heavy atom. The monoisotopic (exact) mass is 899 g/mol. The van der Waals surface area contributed by atoms with E-state index in [-0.39, 0.29) is 30.7 Å². The summed E-state index contributed by atoms with van der Waals surface area (Å²) < 4.78 is 38.8. The van der Waals surface area contributed by atoms with Crippen molar-refractivity contribution in [1.29, 1.82) is 0 Å². The van der Waals surface area contributed by atoms with E-state index in [0.29, 0.717) is 17.1 Å². The summed E-state index contributed by atoms with van der Waals surface area (Å²) >= 11 is 5.50. The Kier molecular flexibility index (Phi) is 19.7. The molecule has 0 saturated heterocycles. The minimum Gasteiger partial charge on any atom is -0.753 e. The number of halogens is 3. The largest absolute Gasteiger partial charge is 2.00 e. The Labute approximate surface area is 352 Å². The fraction of sp³-hybridized carbons (Fsp3) is 0.310. The van der Waals surface area contributed by atoms with Gasteiger partial charge in [-0.3, -0.25) is 15.0 Å². The molecule has 298 valence electrons. The molecule has 0 unspecified atom stereocenters. The second-order valence-corrected chi connectivity index (χ2v) is 14.0. The van der Waals surface area contributed by atoms with E-state index in [0.717, 1.165) is 42.3 Å². The molecule has 0 aliphatic rings. The summed E-state index contributed by atoms with van der Waals surface area (Å²) in [6.07, 6.45) is 12.1. The topological polar surface area (TPSA) is 138 Å². The molecular weight excluding hydrogens is 857 g/mol. The number of aromatic nitrogens is 6. The third-order valence-electron chi connectivity index (χ3n) is 8.50. The first-order valence-electron chi connectivity index (χ1n) is 18.3. The molecule has 0 aliphatic carbocycles. The number of isothiocyanates is 1. The maximum absolute atomic E-state index is 12.9. The van der Waals surface area contributed by atoms with Crippen molar-refractivity contribution in [2.45, 2.75) is 84.2 Å². The molecule has 0 bridgehead atoms. The molecule has 0 atom stereocenters. The van der Waals surface area contributed by atoms with Crippen LogP contribution in [0.4, 0.5) is 13.2 Å². The van der Waals surface area contributed by atoms with E-state index in [1.54, 1.807) is 29.8 Å². The molecule has 0 saturated carbocycles. The fourth-order valence-electron chi connectivity index (χ4n) is 5.72. The predicted molar refractivity (Wildman–Crippen MR) is 218 cm³/mol. The van der Waals surface area contributed by atoms with Crippen molar-refractivity contribution in [3.05, 3.63) is 118 Å². The summed E-state index contributed by atoms with van der Waals surface area (Å²) in [5.41, 5.74) is 4.70. The number of hydrogen-bond donors (Lipinski definition) is 1. The number of aryl methyl sites for hydroxylation is 2. The minimum atomic E-state index is -4.51. The maximum Gasteiger partial charge on any atom is 2.00 e. The fourth-order valence-corrected chi connectivity index (χ4v) is 6.96. The summed E-state index contributed by atoms with van der Waals surface area (Å²) in [6.45, 7) is 4.42. The van der Waals surface area contributed by atoms with Crippen molar-refractivity contribution in [2.24, 2.45) is 0 Å². The van der Waals surface area contributed by atoms with E-state index in [1.807, 2.05) is 42.5 Å². The molecule has 6 aromatic heterocycles. The van der Waals surface area contributed by atoms with Crippen molar-refractivity contribution in [2.75, 3.05) is 0 Å². The Hall–Kier alpha value is -4.81. The quantitative estimate of drug-likeness (QED) is 0.0462. The molecule has 0 spiro atoms. The first-order valence-corrected chi connectivity index (χ1v) is 19.6. The van der Waals surface area contributed by atoms with Crippen LogP contribution < -0.4 is 5.10 Å². The van der Waals surface area contributed by atoms with Crippen LogP contribution in [0.15, 0.2) is 91.4 Å². The second-order valence-electron chi connectivity index (χ2n) is 12.7. The molecule has 0 amide bonds. The molecule has 57 heavy (non-hydrogen) atoms. The Morgan fingerprint density at radius 1 is 0.789 bits per heavy atom. The molecule has 0 radical (unpaired) electrons. The van der Waals surface area contributed by atoms with Crippen LogP contribution in [0.25, 0.3) is 50.0 Å². The molecule has 6 rings (SSSR count). The van der Waals surface area contributed by atoms with Gasteiger partial charge < -0.3 is 20.7 Å². The van der Waals surface area contributed by atoms with Crippen LogP contribution in [0.5, 0.6) is 0 Å². The van der Waals surface area contributed by atoms with Gasteiger partial charge in [-0.2, -0.15) is 18.3 Å². The van der Waals surface area contributed by atoms with Crippen LogP contribution in [0, 0.1) is 0 Å². The molecule has 6 aromatic rings. The number of pyridine rings is 4. The average molecular weight is 899 g/mol. The summed E-state index contributed by atoms with van der Waals surface area (Å²) in [5.74, 6) is -0.987. The Bertz CT molecular complexity index is 2170. The number of unbranched alkanes of at least 4 members (excludes halogenated alkanes) is 6. The molecule has 0 aromatic carbocycles. The van der Waals surface area contributed by atoms with Gasteiger partial charge in [-0.1, -0.05) is 82.4 Å². The van der Waals surface area contributed by atoms with Crippen LogP contribution in [-0.4, -0.2) is 41.3 Å². The standard InChI is InChI=1S/C25H31F3N3S.C16H11N3O2.CNS.Ru/c1-3-5-7-9-11-18-15-20(12-10-8-6-4-2)32-24(18)19-13-14-29-21(16-19)22-17-23(31-30-22)25(26,27)28;20-16(21)11-7-9-18-15(10-11)14-6-3-5-13(19-14)12-4-1-2-8-17-12;2-1-3;/h13-17H,3-12H2,1-2H3;1-10H,(H,20,21);;/q-1;;-1;+2. The maximum atomic E-state index is 12.9. The molecule has 15 heteroatoms. The van der Waals surface area contributed by atoms with Gasteiger partial charge in [0.15, 0.2) is 0 Å². The average Bonchev–Trinajstić information content (AvgIpc) is 3.88. The molecule has 0 fully saturated rings. The van der Waals surface area contributed by atoms with Gasteiger partial charge in [-0.25, -0.2) is 9.78 Å². The third-order valence-corrected chi connectivity index (χ3v) is 9.78. The summed E-state index contributed by atoms with van der Waals surface area (Å²) in [5, 5.41) is 24.5. The van der Waals surface area contributed by atoms with Gasteiger partial charge in [-0.15, -0.1) is 11.3 Å². The molecule has 9 nitrogen and oxygen atoms in total. The molecule has 1 N–H and O–H groups in total. The number of carboxylic acids is 1. The summed E-state index contributed by atoms with van der Waals surface area (Å²) in [4.78, 5) is 30.8. The predicted octanol–water partition coefficient (Wildman–Crippen LogP) is 11.7. The first kappa shape index (κ1) is 46.6. The van der Waals surface area contributed by atoms with Crippen LogP contribution in [0.2, 0.25) is 0 Å². The van der Waals surface area contributed by atoms with E-state index in [4.69, 9.17) is 10.5 Å². The number of alkyl halides is 3. The van der Waals surface area contributed by atoms with Crippen LogP contribution in [0.1, 0.15) is 91.7 Å². The number of aromatic carboxylic acids is 1. The molecular formula is C42H42F3N7O2RuS2. The Morgan fingerprint density at radius 3 is 2.05 bits per heavy atom. The molecule has 0 aliphatic heterocycles. The van der Waals surface area contributed by atoms with Gasteiger partial charge in [0.05, 0.1) is 34.0 Å². The van der Waals surface area contributed by atoms with Crippen molar-refractivity contribution >= 4 is 34.7 Å². The zero-order valence-corrected chi connectivity index (χ0v) is 34.9. The van der Waals surface area contributed by atoms with Crippen LogP contribution >= 0.6 is 23.6 Å². The van der Waals surface area contributed by atoms with Gasteiger partial charge in [0.2, 0.25) is 0 Å². The van der Waals surface area contributed by atoms with Gasteiger partial charge >= 0.3 is 31.6 Å². The number of rotatable bonds is 15. The van der Waals surface area contributed by atoms with E-state index >= 15 is 0 Å². The van der Waals surface area contributed by atoms with E-state index < -0.39 is 17.8 Å². The van der Waals surface area contributed by atoms with Crippen molar-refractivity contribution in [1.82, 2.24) is 30.1 Å². The zero-order valence-electron chi connectivity index (χ0n) is 31.5. The van der Waals surface area contributed by atoms with Crippen molar-refractivity contribution in [3.63, 3.8) is 0 Å². The number of thiophene rings is 1. The number of nitrogens with zero attached hydrogens (tertiary/aromatic N) is 7.